The van der Waals surface area contributed by atoms with Crippen molar-refractivity contribution < 1.29 is 24.2 Å². The molecule has 1 aromatic rings. The van der Waals surface area contributed by atoms with Crippen LogP contribution in [0.2, 0.25) is 0 Å². The fraction of sp³-hybridized carbons (Fsp3) is 0.455. The highest BCUT2D eigenvalue weighted by Crippen LogP contribution is 2.18. The van der Waals surface area contributed by atoms with E-state index in [4.69, 9.17) is 9.47 Å². The predicted molar refractivity (Wildman–Crippen MR) is 59.4 cm³/mol. The number of hydrogen-bond donors (Lipinski definition) is 0. The number of hydrogen-bond acceptors (Lipinski definition) is 5. The van der Waals surface area contributed by atoms with Gasteiger partial charge in [-0.1, -0.05) is 13.0 Å². The van der Waals surface area contributed by atoms with E-state index in [-0.39, 0.29) is 5.75 Å². The van der Waals surface area contributed by atoms with Crippen molar-refractivity contribution in [3.63, 3.8) is 0 Å². The zero-order chi connectivity index (χ0) is 12.5. The zero-order valence-corrected chi connectivity index (χ0v) is 9.76. The molecule has 0 bridgehead atoms. The van der Waals surface area contributed by atoms with Crippen LogP contribution in [0.25, 0.3) is 0 Å². The maximum absolute atomic E-state index is 10.3. The second-order valence-corrected chi connectivity index (χ2v) is 3.34. The fourth-order valence-electron chi connectivity index (χ4n) is 1.21. The molecule has 5 nitrogen and oxygen atoms in total. The van der Waals surface area contributed by atoms with E-state index in [1.807, 2.05) is 6.92 Å². The highest BCUT2D eigenvalue weighted by molar-refractivity contribution is 6.29. The van der Waals surface area contributed by atoms with Crippen LogP contribution in [0.5, 0.6) is 11.5 Å². The summed E-state index contributed by atoms with van der Waals surface area (Å²) in [5, 5.41) is 20.6. The molecule has 94 valence electrons. The Morgan fingerprint density at radius 1 is 1.12 bits per heavy atom. The van der Waals surface area contributed by atoms with Crippen LogP contribution in [-0.4, -0.2) is 27.1 Å². The molecular weight excluding hydrogens is 223 g/mol. The smallest absolute Gasteiger partial charge is 0.133 e. The summed E-state index contributed by atoms with van der Waals surface area (Å²) in [5.74, 6) is 0.759. The van der Waals surface area contributed by atoms with Crippen molar-refractivity contribution in [2.75, 3.05) is 19.8 Å². The van der Waals surface area contributed by atoms with Gasteiger partial charge in [0.25, 0.3) is 0 Å². The summed E-state index contributed by atoms with van der Waals surface area (Å²) < 4.78 is 15.1. The van der Waals surface area contributed by atoms with Crippen molar-refractivity contribution in [1.82, 2.24) is 0 Å². The van der Waals surface area contributed by atoms with Crippen molar-refractivity contribution in [3.8, 4) is 11.5 Å². The van der Waals surface area contributed by atoms with Gasteiger partial charge in [-0.15, -0.1) is 0 Å². The molecule has 0 aromatic heterocycles. The van der Waals surface area contributed by atoms with E-state index in [0.29, 0.717) is 25.6 Å². The lowest BCUT2D eigenvalue weighted by atomic mass is 10.2. The van der Waals surface area contributed by atoms with E-state index in [1.165, 1.54) is 12.1 Å². The fourth-order valence-corrected chi connectivity index (χ4v) is 1.21. The molecule has 17 heavy (non-hydrogen) atoms. The van der Waals surface area contributed by atoms with Gasteiger partial charge in [-0.3, -0.25) is 0 Å². The summed E-state index contributed by atoms with van der Waals surface area (Å²) in [6.45, 7) is 3.66. The van der Waals surface area contributed by atoms with Gasteiger partial charge in [0.05, 0.1) is 12.4 Å². The molecular formula is C11H15BO5-2. The summed E-state index contributed by atoms with van der Waals surface area (Å²) in [6.07, 6.45) is 0.970. The van der Waals surface area contributed by atoms with Crippen LogP contribution in [-0.2, 0) is 4.74 Å². The first-order chi connectivity index (χ1) is 8.22. The van der Waals surface area contributed by atoms with Gasteiger partial charge in [0.2, 0.25) is 0 Å². The molecule has 0 saturated heterocycles. The first-order valence-corrected chi connectivity index (χ1v) is 5.51. The quantitative estimate of drug-likeness (QED) is 0.454. The van der Waals surface area contributed by atoms with Crippen molar-refractivity contribution >= 4 is 7.32 Å². The van der Waals surface area contributed by atoms with E-state index in [9.17, 15) is 10.0 Å². The van der Waals surface area contributed by atoms with Gasteiger partial charge in [-0.2, -0.15) is 0 Å². The molecule has 0 atom stereocenters. The van der Waals surface area contributed by atoms with Gasteiger partial charge in [0.1, 0.15) is 19.7 Å². The van der Waals surface area contributed by atoms with Crippen LogP contribution in [0.15, 0.2) is 24.3 Å². The molecule has 0 aliphatic carbocycles. The Morgan fingerprint density at radius 2 is 1.88 bits per heavy atom. The zero-order valence-electron chi connectivity index (χ0n) is 9.76. The maximum Gasteiger partial charge on any atom is 0.133 e. The summed E-state index contributed by atoms with van der Waals surface area (Å²) in [4.78, 5) is 0. The van der Waals surface area contributed by atoms with E-state index in [0.717, 1.165) is 6.42 Å². The van der Waals surface area contributed by atoms with Crippen LogP contribution in [0, 0.1) is 0 Å². The van der Waals surface area contributed by atoms with Gasteiger partial charge in [0, 0.05) is 12.7 Å². The first kappa shape index (κ1) is 13.8. The summed E-state index contributed by atoms with van der Waals surface area (Å²) in [7, 11) is -2.32. The summed E-state index contributed by atoms with van der Waals surface area (Å²) in [6, 6.07) is 6.41. The molecule has 0 radical (unpaired) electrons. The maximum atomic E-state index is 10.3. The minimum Gasteiger partial charge on any atom is -0.860 e. The summed E-state index contributed by atoms with van der Waals surface area (Å²) in [5.41, 5.74) is 0. The second-order valence-electron chi connectivity index (χ2n) is 3.34. The normalized spacial score (nSPS) is 10.1. The monoisotopic (exact) mass is 238 g/mol. The molecule has 1 rings (SSSR count). The van der Waals surface area contributed by atoms with Crippen molar-refractivity contribution in [2.45, 2.75) is 13.3 Å². The van der Waals surface area contributed by atoms with Gasteiger partial charge in [-0.25, -0.2) is 0 Å². The van der Waals surface area contributed by atoms with Gasteiger partial charge in [-0.05, 0) is 18.6 Å². The Labute approximate surface area is 101 Å². The van der Waals surface area contributed by atoms with Crippen molar-refractivity contribution in [3.05, 3.63) is 24.3 Å². The third-order valence-electron chi connectivity index (χ3n) is 1.88. The first-order valence-electron chi connectivity index (χ1n) is 5.51. The van der Waals surface area contributed by atoms with Crippen LogP contribution >= 0.6 is 0 Å². The molecule has 0 fully saturated rings. The number of ether oxygens (including phenoxy) is 2. The molecule has 0 unspecified atom stereocenters. The van der Waals surface area contributed by atoms with Crippen LogP contribution in [0.1, 0.15) is 13.3 Å². The molecule has 0 spiro atoms. The van der Waals surface area contributed by atoms with Crippen LogP contribution < -0.4 is 19.4 Å². The van der Waals surface area contributed by atoms with E-state index in [2.05, 4.69) is 4.65 Å². The summed E-state index contributed by atoms with van der Waals surface area (Å²) >= 11 is 0. The lowest BCUT2D eigenvalue weighted by Crippen LogP contribution is -2.50. The second kappa shape index (κ2) is 7.94. The Morgan fingerprint density at radius 3 is 2.59 bits per heavy atom. The Bertz CT molecular complexity index is 318. The van der Waals surface area contributed by atoms with Gasteiger partial charge >= 0.3 is 0 Å². The van der Waals surface area contributed by atoms with Gasteiger partial charge < -0.3 is 24.2 Å². The standard InChI is InChI=1S/C11H15BO5/c1-2-6-15-7-8-16-10-4-3-5-11(9-10)17-12(13)14/h3-5,9H,2,6-8H2,1H3/q-2. The minimum absolute atomic E-state index is 0.215. The number of benzene rings is 1. The van der Waals surface area contributed by atoms with Crippen molar-refractivity contribution in [2.24, 2.45) is 0 Å². The predicted octanol–water partition coefficient (Wildman–Crippen LogP) is -0.424. The third kappa shape index (κ3) is 6.16. The highest BCUT2D eigenvalue weighted by Gasteiger charge is 1.96. The van der Waals surface area contributed by atoms with Crippen LogP contribution in [0.3, 0.4) is 0 Å². The Balaban J connectivity index is 2.32. The lowest BCUT2D eigenvalue weighted by Gasteiger charge is -2.26. The molecule has 0 aliphatic heterocycles. The Hall–Kier alpha value is -1.24. The topological polar surface area (TPSA) is 73.8 Å². The average molecular weight is 238 g/mol. The van der Waals surface area contributed by atoms with E-state index in [1.54, 1.807) is 12.1 Å². The average Bonchev–Trinajstić information content (AvgIpc) is 2.28. The van der Waals surface area contributed by atoms with E-state index >= 15 is 0 Å². The number of rotatable bonds is 8. The molecule has 0 N–H and O–H groups in total. The minimum atomic E-state index is -2.32. The highest BCUT2D eigenvalue weighted by atomic mass is 16.6. The lowest BCUT2D eigenvalue weighted by molar-refractivity contribution is -0.372. The molecule has 0 aliphatic rings. The van der Waals surface area contributed by atoms with Gasteiger partial charge in [0.15, 0.2) is 0 Å². The molecule has 0 amide bonds. The van der Waals surface area contributed by atoms with Crippen LogP contribution in [0.4, 0.5) is 0 Å². The largest absolute Gasteiger partial charge is 0.860 e. The molecule has 0 saturated carbocycles. The van der Waals surface area contributed by atoms with E-state index < -0.39 is 7.32 Å². The third-order valence-corrected chi connectivity index (χ3v) is 1.88. The molecule has 0 heterocycles. The SMILES string of the molecule is CCCOCCOc1cccc(OB([O-])[O-])c1. The van der Waals surface area contributed by atoms with Crippen molar-refractivity contribution in [1.29, 1.82) is 0 Å². The molecule has 6 heteroatoms. The molecule has 1 aromatic carbocycles. The Kier molecular flexibility index (Phi) is 6.46.